The lowest BCUT2D eigenvalue weighted by Gasteiger charge is -2.32. The zero-order chi connectivity index (χ0) is 18.5. The maximum absolute atomic E-state index is 14.3. The van der Waals surface area contributed by atoms with Crippen molar-refractivity contribution in [1.29, 1.82) is 0 Å². The Morgan fingerprint density at radius 3 is 1.96 bits per heavy atom. The van der Waals surface area contributed by atoms with Crippen LogP contribution in [0.25, 0.3) is 0 Å². The molecule has 0 saturated carbocycles. The molecule has 1 heterocycles. The van der Waals surface area contributed by atoms with Gasteiger partial charge in [-0.3, -0.25) is 0 Å². The Morgan fingerprint density at radius 1 is 1.04 bits per heavy atom. The smallest absolute Gasteiger partial charge is 0.487 e. The van der Waals surface area contributed by atoms with Crippen LogP contribution in [0.3, 0.4) is 0 Å². The van der Waals surface area contributed by atoms with E-state index in [0.717, 1.165) is 12.1 Å². The first kappa shape index (κ1) is 19.1. The van der Waals surface area contributed by atoms with Crippen molar-refractivity contribution in [3.8, 4) is 5.75 Å². The molecule has 3 nitrogen and oxygen atoms in total. The third-order valence-corrected chi connectivity index (χ3v) is 4.25. The van der Waals surface area contributed by atoms with Gasteiger partial charge in [0.05, 0.1) is 17.3 Å². The van der Waals surface area contributed by atoms with Crippen molar-refractivity contribution in [1.82, 2.24) is 0 Å². The summed E-state index contributed by atoms with van der Waals surface area (Å²) < 4.78 is 70.7. The van der Waals surface area contributed by atoms with E-state index < -0.39 is 47.7 Å². The number of benzene rings is 1. The molecular weight excluding hydrogens is 327 g/mol. The second-order valence-electron chi connectivity index (χ2n) is 7.13. The molecule has 0 aromatic heterocycles. The number of hydrogen-bond acceptors (Lipinski definition) is 3. The van der Waals surface area contributed by atoms with Gasteiger partial charge in [0.1, 0.15) is 5.56 Å². The van der Waals surface area contributed by atoms with Crippen LogP contribution in [0.4, 0.5) is 17.6 Å². The van der Waals surface area contributed by atoms with Crippen molar-refractivity contribution in [2.24, 2.45) is 0 Å². The topological polar surface area (TPSA) is 27.7 Å². The van der Waals surface area contributed by atoms with Gasteiger partial charge in [-0.2, -0.15) is 13.2 Å². The van der Waals surface area contributed by atoms with E-state index in [4.69, 9.17) is 14.0 Å². The summed E-state index contributed by atoms with van der Waals surface area (Å²) in [5, 5.41) is 0. The molecule has 0 amide bonds. The summed E-state index contributed by atoms with van der Waals surface area (Å²) in [6.45, 7) is 10.1. The molecule has 0 atom stereocenters. The van der Waals surface area contributed by atoms with Crippen molar-refractivity contribution in [2.75, 3.05) is 0 Å². The van der Waals surface area contributed by atoms with Crippen LogP contribution in [0.2, 0.25) is 0 Å². The molecule has 8 heteroatoms. The maximum Gasteiger partial charge on any atom is 0.494 e. The van der Waals surface area contributed by atoms with Crippen LogP contribution in [-0.4, -0.2) is 24.4 Å². The average molecular weight is 348 g/mol. The molecule has 2 rings (SSSR count). The zero-order valence-corrected chi connectivity index (χ0v) is 14.5. The highest BCUT2D eigenvalue weighted by molar-refractivity contribution is 6.62. The van der Waals surface area contributed by atoms with Crippen molar-refractivity contribution >= 4 is 12.6 Å². The minimum absolute atomic E-state index is 0.0328. The average Bonchev–Trinajstić information content (AvgIpc) is 2.58. The van der Waals surface area contributed by atoms with Gasteiger partial charge in [-0.25, -0.2) is 4.39 Å². The Hall–Kier alpha value is -1.28. The highest BCUT2D eigenvalue weighted by Crippen LogP contribution is 2.40. The van der Waals surface area contributed by atoms with Crippen LogP contribution < -0.4 is 10.2 Å². The minimum atomic E-state index is -4.76. The molecule has 1 aromatic rings. The van der Waals surface area contributed by atoms with Gasteiger partial charge in [-0.1, -0.05) is 0 Å². The molecule has 0 radical (unpaired) electrons. The number of alkyl halides is 3. The molecule has 134 valence electrons. The van der Waals surface area contributed by atoms with E-state index in [1.54, 1.807) is 27.7 Å². The zero-order valence-electron chi connectivity index (χ0n) is 14.5. The first-order valence-electron chi connectivity index (χ1n) is 7.67. The summed E-state index contributed by atoms with van der Waals surface area (Å²) in [7, 11) is -1.08. The molecule has 1 aliphatic rings. The molecule has 0 spiro atoms. The lowest BCUT2D eigenvalue weighted by Crippen LogP contribution is -2.41. The van der Waals surface area contributed by atoms with Crippen LogP contribution in [0.1, 0.15) is 47.1 Å². The van der Waals surface area contributed by atoms with Crippen LogP contribution in [0.15, 0.2) is 12.1 Å². The largest absolute Gasteiger partial charge is 0.494 e. The van der Waals surface area contributed by atoms with E-state index in [2.05, 4.69) is 0 Å². The van der Waals surface area contributed by atoms with Crippen molar-refractivity contribution in [2.45, 2.75) is 65.0 Å². The standard InChI is InChI=1S/C16H21BF4O3/c1-9(2)22-13-11(16(19,20)21)7-10(8-12(13)18)17-23-14(3,4)15(5,6)24-17/h7-9H,1-6H3. The SMILES string of the molecule is CC(C)Oc1c(F)cc(B2OC(C)(C)C(C)(C)O2)cc1C(F)(F)F. The monoisotopic (exact) mass is 348 g/mol. The Kier molecular flexibility index (Phi) is 4.69. The second kappa shape index (κ2) is 5.91. The summed E-state index contributed by atoms with van der Waals surface area (Å²) in [5.74, 6) is -1.90. The van der Waals surface area contributed by atoms with E-state index in [0.29, 0.717) is 0 Å². The normalized spacial score (nSPS) is 19.9. The Bertz CT molecular complexity index is 610. The molecule has 1 aliphatic heterocycles. The molecule has 1 fully saturated rings. The summed E-state index contributed by atoms with van der Waals surface area (Å²) >= 11 is 0. The molecule has 0 aliphatic carbocycles. The van der Waals surface area contributed by atoms with E-state index in [1.165, 1.54) is 13.8 Å². The van der Waals surface area contributed by atoms with Gasteiger partial charge >= 0.3 is 13.3 Å². The molecule has 0 unspecified atom stereocenters. The van der Waals surface area contributed by atoms with E-state index >= 15 is 0 Å². The highest BCUT2D eigenvalue weighted by atomic mass is 19.4. The quantitative estimate of drug-likeness (QED) is 0.612. The fraction of sp³-hybridized carbons (Fsp3) is 0.625. The van der Waals surface area contributed by atoms with Gasteiger partial charge in [-0.05, 0) is 59.1 Å². The molecular formula is C16H21BF4O3. The van der Waals surface area contributed by atoms with Gasteiger partial charge in [0.2, 0.25) is 0 Å². The van der Waals surface area contributed by atoms with E-state index in [9.17, 15) is 17.6 Å². The van der Waals surface area contributed by atoms with Crippen molar-refractivity contribution < 1.29 is 31.6 Å². The van der Waals surface area contributed by atoms with Crippen LogP contribution in [-0.2, 0) is 15.5 Å². The van der Waals surface area contributed by atoms with Crippen molar-refractivity contribution in [3.63, 3.8) is 0 Å². The van der Waals surface area contributed by atoms with Crippen molar-refractivity contribution in [3.05, 3.63) is 23.5 Å². The Labute approximate surface area is 139 Å². The first-order valence-corrected chi connectivity index (χ1v) is 7.67. The van der Waals surface area contributed by atoms with Gasteiger partial charge in [0.25, 0.3) is 0 Å². The summed E-state index contributed by atoms with van der Waals surface area (Å²) in [4.78, 5) is 0. The van der Waals surface area contributed by atoms with Gasteiger partial charge in [-0.15, -0.1) is 0 Å². The molecule has 0 bridgehead atoms. The highest BCUT2D eigenvalue weighted by Gasteiger charge is 2.52. The fourth-order valence-corrected chi connectivity index (χ4v) is 2.30. The molecule has 0 N–H and O–H groups in total. The minimum Gasteiger partial charge on any atom is -0.487 e. The first-order chi connectivity index (χ1) is 10.7. The summed E-state index contributed by atoms with van der Waals surface area (Å²) in [6, 6.07) is 1.79. The Morgan fingerprint density at radius 2 is 1.54 bits per heavy atom. The molecule has 1 aromatic carbocycles. The predicted octanol–water partition coefficient (Wildman–Crippen LogP) is 3.93. The van der Waals surface area contributed by atoms with Crippen LogP contribution >= 0.6 is 0 Å². The summed E-state index contributed by atoms with van der Waals surface area (Å²) in [6.07, 6.45) is -5.35. The lowest BCUT2D eigenvalue weighted by atomic mass is 9.78. The Balaban J connectivity index is 2.49. The number of ether oxygens (including phenoxy) is 1. The predicted molar refractivity (Wildman–Crippen MR) is 82.9 cm³/mol. The van der Waals surface area contributed by atoms with Crippen LogP contribution in [0.5, 0.6) is 5.75 Å². The lowest BCUT2D eigenvalue weighted by molar-refractivity contribution is -0.139. The second-order valence-corrected chi connectivity index (χ2v) is 7.13. The third kappa shape index (κ3) is 3.54. The van der Waals surface area contributed by atoms with Gasteiger partial charge in [0, 0.05) is 0 Å². The van der Waals surface area contributed by atoms with E-state index in [-0.39, 0.29) is 5.46 Å². The number of halogens is 4. The number of hydrogen-bond donors (Lipinski definition) is 0. The number of rotatable bonds is 3. The van der Waals surface area contributed by atoms with E-state index in [1.807, 2.05) is 0 Å². The molecule has 1 saturated heterocycles. The summed E-state index contributed by atoms with van der Waals surface area (Å²) in [5.41, 5.74) is -2.69. The van der Waals surface area contributed by atoms with Gasteiger partial charge < -0.3 is 14.0 Å². The fourth-order valence-electron chi connectivity index (χ4n) is 2.30. The maximum atomic E-state index is 14.3. The van der Waals surface area contributed by atoms with Gasteiger partial charge in [0.15, 0.2) is 11.6 Å². The molecule has 24 heavy (non-hydrogen) atoms. The third-order valence-electron chi connectivity index (χ3n) is 4.25. The van der Waals surface area contributed by atoms with Crippen LogP contribution in [0, 0.1) is 5.82 Å².